The van der Waals surface area contributed by atoms with Gasteiger partial charge >= 0.3 is 5.97 Å². The fourth-order valence-electron chi connectivity index (χ4n) is 3.91. The third-order valence-corrected chi connectivity index (χ3v) is 6.87. The van der Waals surface area contributed by atoms with E-state index in [9.17, 15) is 4.79 Å². The first-order valence-electron chi connectivity index (χ1n) is 10.8. The van der Waals surface area contributed by atoms with Gasteiger partial charge < -0.3 is 9.47 Å². The number of esters is 1. The number of ether oxygens (including phenoxy) is 2. The first-order valence-corrected chi connectivity index (χ1v) is 12.4. The quantitative estimate of drug-likeness (QED) is 0.270. The fraction of sp³-hybridized carbons (Fsp3) is 0.200. The molecule has 0 aliphatic rings. The second kappa shape index (κ2) is 9.74. The average molecular weight is 491 g/mol. The molecule has 34 heavy (non-hydrogen) atoms. The van der Waals surface area contributed by atoms with Crippen LogP contribution < -0.4 is 4.74 Å². The minimum absolute atomic E-state index is 0.285. The van der Waals surface area contributed by atoms with Crippen molar-refractivity contribution in [3.05, 3.63) is 82.4 Å². The van der Waals surface area contributed by atoms with E-state index in [1.165, 1.54) is 11.7 Å². The summed E-state index contributed by atoms with van der Waals surface area (Å²) in [6.07, 6.45) is 0.521. The Hall–Kier alpha value is -3.56. The molecule has 0 amide bonds. The average Bonchev–Trinajstić information content (AvgIpc) is 3.59. The molecule has 0 saturated heterocycles. The fourth-order valence-corrected chi connectivity index (χ4v) is 5.16. The third kappa shape index (κ3) is 4.44. The number of aromatic nitrogens is 4. The van der Waals surface area contributed by atoms with Crippen molar-refractivity contribution in [2.45, 2.75) is 19.9 Å². The van der Waals surface area contributed by atoms with Crippen LogP contribution in [0.3, 0.4) is 0 Å². The summed E-state index contributed by atoms with van der Waals surface area (Å²) in [5, 5.41) is 6.93. The highest BCUT2D eigenvalue weighted by Crippen LogP contribution is 2.32. The van der Waals surface area contributed by atoms with Gasteiger partial charge in [-0.25, -0.2) is 4.79 Å². The summed E-state index contributed by atoms with van der Waals surface area (Å²) in [4.78, 5) is 14.2. The number of nitrogens with zero attached hydrogens (tertiary/aromatic N) is 4. The van der Waals surface area contributed by atoms with Crippen LogP contribution in [0.1, 0.15) is 34.1 Å². The molecule has 172 valence electrons. The second-order valence-corrected chi connectivity index (χ2v) is 9.12. The zero-order valence-electron chi connectivity index (χ0n) is 18.7. The molecule has 0 aliphatic heterocycles. The molecule has 5 rings (SSSR count). The van der Waals surface area contributed by atoms with Crippen molar-refractivity contribution < 1.29 is 14.3 Å². The summed E-state index contributed by atoms with van der Waals surface area (Å²) in [7, 11) is 1.64. The van der Waals surface area contributed by atoms with Crippen LogP contribution in [0.25, 0.3) is 21.6 Å². The van der Waals surface area contributed by atoms with Crippen LogP contribution in [0, 0.1) is 0 Å². The molecule has 0 unspecified atom stereocenters. The highest BCUT2D eigenvalue weighted by Gasteiger charge is 2.26. The normalized spacial score (nSPS) is 11.1. The van der Waals surface area contributed by atoms with Crippen molar-refractivity contribution in [3.8, 4) is 16.3 Å². The van der Waals surface area contributed by atoms with E-state index in [0.717, 1.165) is 44.0 Å². The predicted octanol–water partition coefficient (Wildman–Crippen LogP) is 5.44. The molecule has 5 aromatic rings. The zero-order chi connectivity index (χ0) is 23.5. The molecule has 0 bridgehead atoms. The monoisotopic (exact) mass is 490 g/mol. The summed E-state index contributed by atoms with van der Waals surface area (Å²) in [5.74, 6) is 0.373. The molecular weight excluding hydrogens is 468 g/mol. The standard InChI is InChI=1S/C25H22N4O3S2/c1-3-32-25(30)24-19(13-16-9-10-20-21(14-16)28-34-27-20)23(22-8-5-11-33-22)26-29(24)15-17-6-4-7-18(12-17)31-2/h4-12,14H,3,13,15H2,1-2H3. The Morgan fingerprint density at radius 2 is 1.91 bits per heavy atom. The summed E-state index contributed by atoms with van der Waals surface area (Å²) >= 11 is 2.79. The van der Waals surface area contributed by atoms with Gasteiger partial charge in [0.15, 0.2) is 5.69 Å². The predicted molar refractivity (Wildman–Crippen MR) is 134 cm³/mol. The van der Waals surface area contributed by atoms with Crippen LogP contribution in [-0.4, -0.2) is 38.2 Å². The maximum Gasteiger partial charge on any atom is 0.356 e. The number of hydrogen-bond acceptors (Lipinski definition) is 8. The number of fused-ring (bicyclic) bond motifs is 1. The molecule has 3 heterocycles. The Kier molecular flexibility index (Phi) is 6.37. The van der Waals surface area contributed by atoms with E-state index in [1.54, 1.807) is 23.1 Å². The summed E-state index contributed by atoms with van der Waals surface area (Å²) in [5.41, 5.74) is 5.82. The maximum atomic E-state index is 13.2. The van der Waals surface area contributed by atoms with E-state index in [1.807, 2.05) is 66.9 Å². The van der Waals surface area contributed by atoms with Gasteiger partial charge in [0.05, 0.1) is 36.9 Å². The van der Waals surface area contributed by atoms with Gasteiger partial charge in [0.1, 0.15) is 22.5 Å². The lowest BCUT2D eigenvalue weighted by Crippen LogP contribution is -2.16. The van der Waals surface area contributed by atoms with E-state index < -0.39 is 0 Å². The molecule has 0 spiro atoms. The Morgan fingerprint density at radius 3 is 2.71 bits per heavy atom. The smallest absolute Gasteiger partial charge is 0.356 e. The second-order valence-electron chi connectivity index (χ2n) is 7.65. The van der Waals surface area contributed by atoms with Gasteiger partial charge in [0.2, 0.25) is 0 Å². The van der Waals surface area contributed by atoms with Crippen LogP contribution in [0.5, 0.6) is 5.75 Å². The molecule has 0 atom stereocenters. The number of carbonyl (C=O) groups excluding carboxylic acids is 1. The van der Waals surface area contributed by atoms with Crippen LogP contribution in [0.15, 0.2) is 60.0 Å². The minimum Gasteiger partial charge on any atom is -0.497 e. The van der Waals surface area contributed by atoms with E-state index in [4.69, 9.17) is 14.6 Å². The number of thiophene rings is 1. The highest BCUT2D eigenvalue weighted by atomic mass is 32.1. The van der Waals surface area contributed by atoms with Crippen molar-refractivity contribution in [2.24, 2.45) is 0 Å². The van der Waals surface area contributed by atoms with Gasteiger partial charge in [-0.2, -0.15) is 13.8 Å². The molecule has 0 N–H and O–H groups in total. The lowest BCUT2D eigenvalue weighted by atomic mass is 10.0. The first kappa shape index (κ1) is 22.2. The van der Waals surface area contributed by atoms with Gasteiger partial charge in [0, 0.05) is 12.0 Å². The minimum atomic E-state index is -0.382. The third-order valence-electron chi connectivity index (χ3n) is 5.44. The Labute approximate surface area is 204 Å². The van der Waals surface area contributed by atoms with Crippen molar-refractivity contribution in [1.29, 1.82) is 0 Å². The molecule has 9 heteroatoms. The summed E-state index contributed by atoms with van der Waals surface area (Å²) in [6, 6.07) is 17.8. The molecule has 0 fully saturated rings. The summed E-state index contributed by atoms with van der Waals surface area (Å²) < 4.78 is 21.3. The molecule has 2 aromatic carbocycles. The van der Waals surface area contributed by atoms with E-state index in [2.05, 4.69) is 8.75 Å². The molecule has 7 nitrogen and oxygen atoms in total. The Morgan fingerprint density at radius 1 is 1.03 bits per heavy atom. The van der Waals surface area contributed by atoms with E-state index >= 15 is 0 Å². The largest absolute Gasteiger partial charge is 0.497 e. The van der Waals surface area contributed by atoms with Gasteiger partial charge in [-0.1, -0.05) is 24.3 Å². The summed E-state index contributed by atoms with van der Waals surface area (Å²) in [6.45, 7) is 2.51. The number of methoxy groups -OCH3 is 1. The van der Waals surface area contributed by atoms with Gasteiger partial charge in [0.25, 0.3) is 0 Å². The van der Waals surface area contributed by atoms with Crippen LogP contribution >= 0.6 is 23.1 Å². The topological polar surface area (TPSA) is 79.1 Å². The van der Waals surface area contributed by atoms with Gasteiger partial charge in [-0.15, -0.1) is 11.3 Å². The van der Waals surface area contributed by atoms with Gasteiger partial charge in [-0.05, 0) is 53.8 Å². The molecule has 0 saturated carbocycles. The maximum absolute atomic E-state index is 13.2. The highest BCUT2D eigenvalue weighted by molar-refractivity contribution is 7.13. The number of carbonyl (C=O) groups is 1. The number of hydrogen-bond donors (Lipinski definition) is 0. The molecular formula is C25H22N4O3S2. The SMILES string of the molecule is CCOC(=O)c1c(Cc2ccc3nsnc3c2)c(-c2cccs2)nn1Cc1cccc(OC)c1. The lowest BCUT2D eigenvalue weighted by Gasteiger charge is -2.10. The van der Waals surface area contributed by atoms with Crippen LogP contribution in [0.2, 0.25) is 0 Å². The molecule has 0 aliphatic carbocycles. The zero-order valence-corrected chi connectivity index (χ0v) is 20.4. The first-order chi connectivity index (χ1) is 16.7. The van der Waals surface area contributed by atoms with E-state index in [0.29, 0.717) is 18.7 Å². The lowest BCUT2D eigenvalue weighted by molar-refractivity contribution is 0.0511. The van der Waals surface area contributed by atoms with Crippen LogP contribution in [0.4, 0.5) is 0 Å². The van der Waals surface area contributed by atoms with Crippen molar-refractivity contribution in [1.82, 2.24) is 18.5 Å². The number of benzene rings is 2. The van der Waals surface area contributed by atoms with Crippen LogP contribution in [-0.2, 0) is 17.7 Å². The Bertz CT molecular complexity index is 1440. The number of rotatable bonds is 8. The van der Waals surface area contributed by atoms with Crippen molar-refractivity contribution in [3.63, 3.8) is 0 Å². The molecule has 0 radical (unpaired) electrons. The van der Waals surface area contributed by atoms with E-state index in [-0.39, 0.29) is 12.6 Å². The van der Waals surface area contributed by atoms with Crippen molar-refractivity contribution in [2.75, 3.05) is 13.7 Å². The Balaban J connectivity index is 1.64. The molecule has 3 aromatic heterocycles. The van der Waals surface area contributed by atoms with Crippen molar-refractivity contribution >= 4 is 40.1 Å². The van der Waals surface area contributed by atoms with Gasteiger partial charge in [-0.3, -0.25) is 4.68 Å².